The predicted molar refractivity (Wildman–Crippen MR) is 74.6 cm³/mol. The largest absolute Gasteiger partial charge is 0.387 e. The maximum atomic E-state index is 10.4. The molecule has 0 saturated heterocycles. The summed E-state index contributed by atoms with van der Waals surface area (Å²) in [6.45, 7) is -8.84. The van der Waals surface area contributed by atoms with Gasteiger partial charge in [-0.05, 0) is 45.2 Å². The van der Waals surface area contributed by atoms with Gasteiger partial charge in [0.1, 0.15) is 0 Å². The van der Waals surface area contributed by atoms with Crippen molar-refractivity contribution in [3.05, 3.63) is 34.9 Å². The molecular formula is C13H20Cl2NO. The molecule has 4 heteroatoms. The summed E-state index contributed by atoms with van der Waals surface area (Å²) in [5.74, 6) is 0. The van der Waals surface area contributed by atoms with Gasteiger partial charge in [0.2, 0.25) is 0 Å². The lowest BCUT2D eigenvalue weighted by molar-refractivity contribution is 0.121. The normalized spacial score (nSPS) is 25.0. The zero-order valence-electron chi connectivity index (χ0n) is 18.2. The maximum absolute atomic E-state index is 10.4. The molecule has 0 aromatic heterocycles. The highest BCUT2D eigenvalue weighted by Gasteiger charge is 2.21. The van der Waals surface area contributed by atoms with Gasteiger partial charge in [0.05, 0.1) is 6.10 Å². The first kappa shape index (κ1) is 6.76. The quantitative estimate of drug-likeness (QED) is 0.885. The molecule has 0 amide bonds. The molecule has 1 aromatic carbocycles. The Morgan fingerprint density at radius 1 is 1.41 bits per heavy atom. The summed E-state index contributed by atoms with van der Waals surface area (Å²) in [5, 5.41) is 12.9. The molecule has 17 heavy (non-hydrogen) atoms. The van der Waals surface area contributed by atoms with Crippen molar-refractivity contribution in [1.82, 2.24) is 5.32 Å². The molecule has 0 aliphatic rings. The molecule has 2 nitrogen and oxygen atoms in total. The monoisotopic (exact) mass is 285 g/mol. The molecule has 2 atom stereocenters. The molecule has 0 aliphatic heterocycles. The van der Waals surface area contributed by atoms with E-state index < -0.39 is 38.2 Å². The first-order chi connectivity index (χ1) is 11.0. The molecule has 1 radical (unpaired) electrons. The first-order valence-electron chi connectivity index (χ1n) is 9.26. The van der Waals surface area contributed by atoms with E-state index in [9.17, 15) is 5.11 Å². The van der Waals surface area contributed by atoms with Gasteiger partial charge < -0.3 is 10.4 Å². The van der Waals surface area contributed by atoms with Crippen molar-refractivity contribution in [2.75, 3.05) is 0 Å². The molecule has 0 fully saturated rings. The van der Waals surface area contributed by atoms with E-state index in [1.165, 1.54) is 19.1 Å². The fourth-order valence-corrected chi connectivity index (χ4v) is 1.60. The predicted octanol–water partition coefficient (Wildman–Crippen LogP) is 3.84. The van der Waals surface area contributed by atoms with E-state index >= 15 is 0 Å². The summed E-state index contributed by atoms with van der Waals surface area (Å²) in [7, 11) is 0. The van der Waals surface area contributed by atoms with E-state index in [-0.39, 0.29) is 12.4 Å². The lowest BCUT2D eigenvalue weighted by Crippen LogP contribution is -2.44. The number of rotatable bonds is 3. The highest BCUT2D eigenvalue weighted by molar-refractivity contribution is 6.30. The molecule has 0 saturated carbocycles. The maximum Gasteiger partial charge on any atom is 0.0940 e. The Bertz CT molecular complexity index is 564. The minimum Gasteiger partial charge on any atom is -0.387 e. The zero-order valence-corrected chi connectivity index (χ0v) is 10.7. The van der Waals surface area contributed by atoms with Crippen molar-refractivity contribution >= 4 is 24.0 Å². The van der Waals surface area contributed by atoms with E-state index in [0.29, 0.717) is 10.6 Å². The van der Waals surface area contributed by atoms with Crippen molar-refractivity contribution < 1.29 is 17.4 Å². The van der Waals surface area contributed by atoms with Crippen LogP contribution in [0.2, 0.25) is 5.02 Å². The summed E-state index contributed by atoms with van der Waals surface area (Å²) >= 11 is 5.84. The molecule has 1 aromatic rings. The zero-order chi connectivity index (χ0) is 19.8. The van der Waals surface area contributed by atoms with Gasteiger partial charge >= 0.3 is 0 Å². The second-order valence-corrected chi connectivity index (χ2v) is 4.12. The van der Waals surface area contributed by atoms with Crippen LogP contribution in [0.3, 0.4) is 0 Å². The minimum absolute atomic E-state index is 0. The molecule has 0 heterocycles. The Morgan fingerprint density at radius 2 is 2.06 bits per heavy atom. The van der Waals surface area contributed by atoms with Gasteiger partial charge in [-0.3, -0.25) is 0 Å². The number of aliphatic hydroxyl groups is 1. The van der Waals surface area contributed by atoms with Crippen molar-refractivity contribution in [2.45, 2.75) is 45.2 Å². The van der Waals surface area contributed by atoms with Crippen molar-refractivity contribution in [3.63, 3.8) is 0 Å². The van der Waals surface area contributed by atoms with Gasteiger partial charge in [-0.1, -0.05) is 23.7 Å². The van der Waals surface area contributed by atoms with Gasteiger partial charge in [0.25, 0.3) is 0 Å². The average Bonchev–Trinajstić information content (AvgIpc) is 2.39. The second kappa shape index (κ2) is 6.60. The lowest BCUT2D eigenvalue weighted by atomic mass is 10.00. The number of aliphatic hydroxyl groups excluding tert-OH is 1. The average molecular weight is 286 g/mol. The molecule has 0 aliphatic carbocycles. The lowest BCUT2D eigenvalue weighted by Gasteiger charge is -2.29. The van der Waals surface area contributed by atoms with Crippen LogP contribution < -0.4 is 5.32 Å². The summed E-state index contributed by atoms with van der Waals surface area (Å²) in [6.07, 6.45) is -1.37. The standard InChI is InChI=1S/C13H20ClNO.Cl/c1-9(15-13(2,3)4)12(16)10-6-5-7-11(14)8-10;/h5-9,12,15-16H,1-4H3;/t9-,12+;/m1./s1/i2D3,3D3,4D3;. The molecule has 0 spiro atoms. The van der Waals surface area contributed by atoms with E-state index in [1.54, 1.807) is 12.1 Å². The van der Waals surface area contributed by atoms with Crippen molar-refractivity contribution in [1.29, 1.82) is 0 Å². The summed E-state index contributed by atoms with van der Waals surface area (Å²) in [5.41, 5.74) is -2.91. The van der Waals surface area contributed by atoms with Crippen molar-refractivity contribution in [2.24, 2.45) is 0 Å². The van der Waals surface area contributed by atoms with Crippen LogP contribution in [0, 0.1) is 0 Å². The van der Waals surface area contributed by atoms with Crippen LogP contribution in [0.5, 0.6) is 0 Å². The third-order valence-corrected chi connectivity index (χ3v) is 2.34. The third-order valence-electron chi connectivity index (χ3n) is 2.11. The van der Waals surface area contributed by atoms with Crippen LogP contribution in [-0.2, 0) is 0 Å². The van der Waals surface area contributed by atoms with E-state index in [4.69, 9.17) is 23.9 Å². The number of halogens is 2. The van der Waals surface area contributed by atoms with Crippen LogP contribution in [0.25, 0.3) is 0 Å². The number of hydrogen-bond donors (Lipinski definition) is 2. The second-order valence-electron chi connectivity index (χ2n) is 3.68. The number of hydrogen-bond acceptors (Lipinski definition) is 2. The van der Waals surface area contributed by atoms with E-state index in [1.807, 2.05) is 0 Å². The molecule has 1 rings (SSSR count). The van der Waals surface area contributed by atoms with Crippen molar-refractivity contribution in [3.8, 4) is 0 Å². The first-order valence-corrected chi connectivity index (χ1v) is 5.13. The number of benzene rings is 1. The molecule has 0 bridgehead atoms. The highest BCUT2D eigenvalue weighted by Crippen LogP contribution is 2.21. The fourth-order valence-electron chi connectivity index (χ4n) is 1.40. The van der Waals surface area contributed by atoms with Crippen LogP contribution in [0.15, 0.2) is 24.3 Å². The minimum atomic E-state index is -3.38. The summed E-state index contributed by atoms with van der Waals surface area (Å²) in [6, 6.07) is 4.86. The summed E-state index contributed by atoms with van der Waals surface area (Å²) < 4.78 is 68.1. The van der Waals surface area contributed by atoms with E-state index in [0.717, 1.165) is 0 Å². The third kappa shape index (κ3) is 5.73. The SMILES string of the molecule is [2H]C([2H])([2H])C(N[C@H](C)[C@H](O)c1cccc(Cl)c1)(C([2H])([2H])[2H])C([2H])([2H])[2H].[Cl]. The van der Waals surface area contributed by atoms with Crippen LogP contribution in [-0.4, -0.2) is 16.7 Å². The topological polar surface area (TPSA) is 32.3 Å². The molecular weight excluding hydrogens is 257 g/mol. The smallest absolute Gasteiger partial charge is 0.0940 e. The van der Waals surface area contributed by atoms with Gasteiger partial charge in [0, 0.05) is 41.3 Å². The van der Waals surface area contributed by atoms with E-state index in [2.05, 4.69) is 5.32 Å². The highest BCUT2D eigenvalue weighted by atomic mass is 35.5. The Morgan fingerprint density at radius 3 is 2.59 bits per heavy atom. The number of nitrogens with one attached hydrogen (secondary N) is 1. The van der Waals surface area contributed by atoms with Crippen LogP contribution in [0.1, 0.15) is 51.5 Å². The fraction of sp³-hybridized carbons (Fsp3) is 0.538. The van der Waals surface area contributed by atoms with Gasteiger partial charge in [-0.25, -0.2) is 0 Å². The van der Waals surface area contributed by atoms with Gasteiger partial charge in [-0.2, -0.15) is 0 Å². The van der Waals surface area contributed by atoms with Gasteiger partial charge in [-0.15, -0.1) is 0 Å². The van der Waals surface area contributed by atoms with Crippen LogP contribution >= 0.6 is 24.0 Å². The Balaban J connectivity index is 0.00000625. The molecule has 2 N–H and O–H groups in total. The van der Waals surface area contributed by atoms with Crippen LogP contribution in [0.4, 0.5) is 0 Å². The Hall–Kier alpha value is -0.280. The Kier molecular flexibility index (Phi) is 2.62. The molecule has 0 unspecified atom stereocenters. The molecule has 97 valence electrons. The summed E-state index contributed by atoms with van der Waals surface area (Å²) in [4.78, 5) is 0. The van der Waals surface area contributed by atoms with Gasteiger partial charge in [0.15, 0.2) is 0 Å². The Labute approximate surface area is 127 Å².